The fourth-order valence-electron chi connectivity index (χ4n) is 1.40. The van der Waals surface area contributed by atoms with Gasteiger partial charge in [0.25, 0.3) is 0 Å². The van der Waals surface area contributed by atoms with Crippen LogP contribution in [-0.4, -0.2) is 29.7 Å². The summed E-state index contributed by atoms with van der Waals surface area (Å²) in [5.41, 5.74) is 2.45. The molecule has 1 heterocycles. The summed E-state index contributed by atoms with van der Waals surface area (Å²) >= 11 is 0. The summed E-state index contributed by atoms with van der Waals surface area (Å²) in [4.78, 5) is 22.3. The predicted octanol–water partition coefficient (Wildman–Crippen LogP) is 1.44. The van der Waals surface area contributed by atoms with Crippen LogP contribution in [0.15, 0.2) is 0 Å². The first-order chi connectivity index (χ1) is 7.19. The molecule has 1 aliphatic heterocycles. The van der Waals surface area contributed by atoms with E-state index in [1.807, 2.05) is 13.8 Å². The molecule has 1 saturated heterocycles. The van der Waals surface area contributed by atoms with Crippen LogP contribution in [0.1, 0.15) is 39.5 Å². The van der Waals surface area contributed by atoms with Gasteiger partial charge in [-0.2, -0.15) is 0 Å². The number of hydrogen-bond donors (Lipinski definition) is 1. The Balaban J connectivity index is 2.22. The standard InChI is InChI=1S/C10H18N2O3/c1-3-5-6-15-10(14)11-12-8(4-2)7-9(12)13/h8H,3-7H2,1-2H3,(H,11,14). The van der Waals surface area contributed by atoms with Crippen molar-refractivity contribution in [1.82, 2.24) is 10.4 Å². The smallest absolute Gasteiger partial charge is 0.426 e. The molecule has 0 aromatic rings. The van der Waals surface area contributed by atoms with Crippen LogP contribution in [0.5, 0.6) is 0 Å². The largest absolute Gasteiger partial charge is 0.448 e. The number of hydrazine groups is 1. The molecule has 5 nitrogen and oxygen atoms in total. The number of β-lactam (4-membered cyclic amide) rings is 1. The number of rotatable bonds is 5. The Hall–Kier alpha value is -1.26. The van der Waals surface area contributed by atoms with Gasteiger partial charge in [0.05, 0.1) is 19.1 Å². The average Bonchev–Trinajstić information content (AvgIpc) is 2.23. The van der Waals surface area contributed by atoms with Crippen molar-refractivity contribution >= 4 is 12.0 Å². The molecule has 0 spiro atoms. The third-order valence-corrected chi connectivity index (χ3v) is 2.46. The lowest BCUT2D eigenvalue weighted by Gasteiger charge is -2.38. The minimum atomic E-state index is -0.532. The fraction of sp³-hybridized carbons (Fsp3) is 0.800. The molecule has 1 rings (SSSR count). The van der Waals surface area contributed by atoms with Crippen LogP contribution in [0.2, 0.25) is 0 Å². The second kappa shape index (κ2) is 5.58. The van der Waals surface area contributed by atoms with Crippen molar-refractivity contribution in [3.8, 4) is 0 Å². The SMILES string of the molecule is CCCCOC(=O)NN1C(=O)CC1CC. The van der Waals surface area contributed by atoms with Gasteiger partial charge in [-0.1, -0.05) is 20.3 Å². The number of hydrogen-bond acceptors (Lipinski definition) is 3. The van der Waals surface area contributed by atoms with E-state index in [2.05, 4.69) is 5.43 Å². The summed E-state index contributed by atoms with van der Waals surface area (Å²) in [5, 5.41) is 1.36. The van der Waals surface area contributed by atoms with E-state index in [0.717, 1.165) is 19.3 Å². The molecule has 86 valence electrons. The van der Waals surface area contributed by atoms with Crippen molar-refractivity contribution in [3.05, 3.63) is 0 Å². The number of unbranched alkanes of at least 4 members (excludes halogenated alkanes) is 1. The van der Waals surface area contributed by atoms with E-state index in [9.17, 15) is 9.59 Å². The lowest BCUT2D eigenvalue weighted by atomic mass is 10.0. The minimum Gasteiger partial charge on any atom is -0.448 e. The van der Waals surface area contributed by atoms with Crippen LogP contribution >= 0.6 is 0 Å². The number of nitrogens with zero attached hydrogens (tertiary/aromatic N) is 1. The zero-order valence-corrected chi connectivity index (χ0v) is 9.28. The summed E-state index contributed by atoms with van der Waals surface area (Å²) in [5.74, 6) is -0.0470. The van der Waals surface area contributed by atoms with Gasteiger partial charge in [0, 0.05) is 0 Å². The van der Waals surface area contributed by atoms with Gasteiger partial charge in [0.2, 0.25) is 5.91 Å². The first kappa shape index (κ1) is 11.8. The molecular weight excluding hydrogens is 196 g/mol. The van der Waals surface area contributed by atoms with Crippen LogP contribution in [0.25, 0.3) is 0 Å². The molecule has 1 aliphatic rings. The van der Waals surface area contributed by atoms with Crippen molar-refractivity contribution < 1.29 is 14.3 Å². The third kappa shape index (κ3) is 3.11. The maximum Gasteiger partial charge on any atom is 0.426 e. The predicted molar refractivity (Wildman–Crippen MR) is 54.9 cm³/mol. The van der Waals surface area contributed by atoms with Crippen LogP contribution < -0.4 is 5.43 Å². The Morgan fingerprint density at radius 1 is 1.60 bits per heavy atom. The van der Waals surface area contributed by atoms with Crippen LogP contribution in [-0.2, 0) is 9.53 Å². The summed E-state index contributed by atoms with van der Waals surface area (Å²) in [7, 11) is 0. The number of amides is 2. The van der Waals surface area contributed by atoms with Crippen LogP contribution in [0.4, 0.5) is 4.79 Å². The molecule has 1 atom stereocenters. The Morgan fingerprint density at radius 2 is 2.33 bits per heavy atom. The fourth-order valence-corrected chi connectivity index (χ4v) is 1.40. The maximum absolute atomic E-state index is 11.2. The van der Waals surface area contributed by atoms with Gasteiger partial charge < -0.3 is 4.74 Å². The van der Waals surface area contributed by atoms with Gasteiger partial charge in [0.1, 0.15) is 0 Å². The highest BCUT2D eigenvalue weighted by atomic mass is 16.6. The Kier molecular flexibility index (Phi) is 4.39. The van der Waals surface area contributed by atoms with E-state index < -0.39 is 6.09 Å². The van der Waals surface area contributed by atoms with E-state index in [1.165, 1.54) is 5.01 Å². The summed E-state index contributed by atoms with van der Waals surface area (Å²) in [6.07, 6.45) is 2.66. The Bertz CT molecular complexity index is 243. The normalized spacial score (nSPS) is 19.7. The molecule has 0 bridgehead atoms. The third-order valence-electron chi connectivity index (χ3n) is 2.46. The number of nitrogens with one attached hydrogen (secondary N) is 1. The number of carbonyl (C=O) groups excluding carboxylic acids is 2. The molecule has 1 N–H and O–H groups in total. The zero-order chi connectivity index (χ0) is 11.3. The molecule has 0 aromatic heterocycles. The van der Waals surface area contributed by atoms with Crippen LogP contribution in [0, 0.1) is 0 Å². The molecule has 0 saturated carbocycles. The Labute approximate surface area is 89.7 Å². The monoisotopic (exact) mass is 214 g/mol. The van der Waals surface area contributed by atoms with Gasteiger partial charge in [0.15, 0.2) is 0 Å². The molecule has 15 heavy (non-hydrogen) atoms. The van der Waals surface area contributed by atoms with Crippen molar-refractivity contribution in [2.45, 2.75) is 45.6 Å². The molecule has 1 fully saturated rings. The first-order valence-electron chi connectivity index (χ1n) is 5.44. The van der Waals surface area contributed by atoms with E-state index >= 15 is 0 Å². The van der Waals surface area contributed by atoms with E-state index in [-0.39, 0.29) is 11.9 Å². The van der Waals surface area contributed by atoms with Gasteiger partial charge in [-0.25, -0.2) is 15.2 Å². The molecule has 5 heteroatoms. The minimum absolute atomic E-state index is 0.0470. The summed E-state index contributed by atoms with van der Waals surface area (Å²) in [6, 6.07) is 0.135. The molecule has 0 radical (unpaired) electrons. The van der Waals surface area contributed by atoms with Crippen LogP contribution in [0.3, 0.4) is 0 Å². The first-order valence-corrected chi connectivity index (χ1v) is 5.44. The summed E-state index contributed by atoms with van der Waals surface area (Å²) < 4.78 is 4.89. The van der Waals surface area contributed by atoms with E-state index in [1.54, 1.807) is 0 Å². The lowest BCUT2D eigenvalue weighted by molar-refractivity contribution is -0.150. The zero-order valence-electron chi connectivity index (χ0n) is 9.28. The van der Waals surface area contributed by atoms with Crippen molar-refractivity contribution in [3.63, 3.8) is 0 Å². The van der Waals surface area contributed by atoms with Gasteiger partial charge in [-0.15, -0.1) is 0 Å². The molecule has 2 amide bonds. The van der Waals surface area contributed by atoms with E-state index in [0.29, 0.717) is 13.0 Å². The van der Waals surface area contributed by atoms with Gasteiger partial charge in [-0.3, -0.25) is 4.79 Å². The average molecular weight is 214 g/mol. The molecule has 0 aliphatic carbocycles. The second-order valence-corrected chi connectivity index (χ2v) is 3.63. The van der Waals surface area contributed by atoms with E-state index in [4.69, 9.17) is 4.74 Å². The van der Waals surface area contributed by atoms with Crippen molar-refractivity contribution in [1.29, 1.82) is 0 Å². The molecule has 1 unspecified atom stereocenters. The van der Waals surface area contributed by atoms with Crippen molar-refractivity contribution in [2.24, 2.45) is 0 Å². The highest BCUT2D eigenvalue weighted by molar-refractivity contribution is 5.85. The number of ether oxygens (including phenoxy) is 1. The quantitative estimate of drug-likeness (QED) is 0.556. The second-order valence-electron chi connectivity index (χ2n) is 3.63. The topological polar surface area (TPSA) is 58.6 Å². The maximum atomic E-state index is 11.2. The van der Waals surface area contributed by atoms with Gasteiger partial charge in [-0.05, 0) is 12.8 Å². The molecule has 0 aromatic carbocycles. The number of carbonyl (C=O) groups is 2. The Morgan fingerprint density at radius 3 is 2.87 bits per heavy atom. The van der Waals surface area contributed by atoms with Gasteiger partial charge >= 0.3 is 6.09 Å². The lowest BCUT2D eigenvalue weighted by Crippen LogP contribution is -2.60. The molecular formula is C10H18N2O3. The summed E-state index contributed by atoms with van der Waals surface area (Å²) in [6.45, 7) is 4.41. The highest BCUT2D eigenvalue weighted by Gasteiger charge is 2.36. The highest BCUT2D eigenvalue weighted by Crippen LogP contribution is 2.18. The van der Waals surface area contributed by atoms with Crippen molar-refractivity contribution in [2.75, 3.05) is 6.61 Å².